The van der Waals surface area contributed by atoms with E-state index in [1.807, 2.05) is 63.4 Å². The van der Waals surface area contributed by atoms with Crippen LogP contribution in [-0.4, -0.2) is 45.7 Å². The van der Waals surface area contributed by atoms with Gasteiger partial charge in [-0.25, -0.2) is 4.98 Å². The van der Waals surface area contributed by atoms with Gasteiger partial charge in [0, 0.05) is 26.6 Å². The number of nitrogens with two attached hydrogens (primary N) is 1. The monoisotopic (exact) mass is 501 g/mol. The molecular formula is C30H39N5O2. The number of nitrogens with zero attached hydrogens (tertiary/aromatic N) is 4. The number of primary amides is 1. The van der Waals surface area contributed by atoms with Gasteiger partial charge in [0.15, 0.2) is 0 Å². The second-order valence-electron chi connectivity index (χ2n) is 9.95. The average molecular weight is 502 g/mol. The van der Waals surface area contributed by atoms with E-state index in [4.69, 9.17) is 10.5 Å². The number of aryl methyl sites for hydroxylation is 3. The van der Waals surface area contributed by atoms with Gasteiger partial charge in [0.05, 0.1) is 17.4 Å². The van der Waals surface area contributed by atoms with Crippen molar-refractivity contribution in [3.63, 3.8) is 0 Å². The molecule has 0 bridgehead atoms. The number of aromatic nitrogens is 3. The number of amides is 1. The van der Waals surface area contributed by atoms with Gasteiger partial charge in [0.1, 0.15) is 17.0 Å². The maximum atomic E-state index is 11.4. The Morgan fingerprint density at radius 2 is 1.89 bits per heavy atom. The van der Waals surface area contributed by atoms with E-state index < -0.39 is 5.91 Å². The fraction of sp³-hybridized carbons (Fsp3) is 0.367. The van der Waals surface area contributed by atoms with Crippen LogP contribution in [-0.2, 0) is 7.05 Å². The van der Waals surface area contributed by atoms with Crippen molar-refractivity contribution in [1.82, 2.24) is 19.7 Å². The van der Waals surface area contributed by atoms with Gasteiger partial charge in [0.25, 0.3) is 0 Å². The predicted octanol–water partition coefficient (Wildman–Crippen LogP) is 6.13. The normalized spacial score (nSPS) is 15.8. The van der Waals surface area contributed by atoms with Crippen molar-refractivity contribution in [3.05, 3.63) is 71.5 Å². The van der Waals surface area contributed by atoms with Crippen molar-refractivity contribution >= 4 is 16.9 Å². The van der Waals surface area contributed by atoms with Crippen LogP contribution in [0.1, 0.15) is 49.2 Å². The Labute approximate surface area is 220 Å². The first-order valence-corrected chi connectivity index (χ1v) is 12.9. The first kappa shape index (κ1) is 26.4. The van der Waals surface area contributed by atoms with E-state index >= 15 is 0 Å². The Kier molecular flexibility index (Phi) is 8.24. The van der Waals surface area contributed by atoms with Crippen LogP contribution in [0.4, 0.5) is 0 Å². The number of fused-ring (bicyclic) bond motifs is 1. The van der Waals surface area contributed by atoms with E-state index in [1.54, 1.807) is 16.9 Å². The molecule has 1 fully saturated rings. The van der Waals surface area contributed by atoms with Gasteiger partial charge in [-0.2, -0.15) is 5.10 Å². The molecule has 3 heterocycles. The molecule has 1 amide bonds. The van der Waals surface area contributed by atoms with E-state index in [9.17, 15) is 4.79 Å². The van der Waals surface area contributed by atoms with Gasteiger partial charge >= 0.3 is 0 Å². The number of pyridine rings is 1. The zero-order valence-electron chi connectivity index (χ0n) is 22.5. The first-order chi connectivity index (χ1) is 17.7. The molecule has 0 saturated carbocycles. The van der Waals surface area contributed by atoms with Gasteiger partial charge in [-0.05, 0) is 81.1 Å². The fourth-order valence-electron chi connectivity index (χ4n) is 4.94. The lowest BCUT2D eigenvalue weighted by molar-refractivity contribution is 0.0999. The number of rotatable bonds is 5. The number of hydrogen-bond acceptors (Lipinski definition) is 5. The highest BCUT2D eigenvalue weighted by Gasteiger charge is 2.14. The van der Waals surface area contributed by atoms with Crippen molar-refractivity contribution in [2.45, 2.75) is 40.0 Å². The van der Waals surface area contributed by atoms with Crippen LogP contribution in [0.3, 0.4) is 0 Å². The van der Waals surface area contributed by atoms with Crippen LogP contribution in [0.5, 0.6) is 11.5 Å². The summed E-state index contributed by atoms with van der Waals surface area (Å²) in [5.41, 5.74) is 11.4. The quantitative estimate of drug-likeness (QED) is 0.356. The maximum Gasteiger partial charge on any atom is 0.248 e. The molecule has 7 nitrogen and oxygen atoms in total. The molecule has 37 heavy (non-hydrogen) atoms. The third kappa shape index (κ3) is 6.35. The largest absolute Gasteiger partial charge is 0.456 e. The first-order valence-electron chi connectivity index (χ1n) is 12.9. The van der Waals surface area contributed by atoms with Gasteiger partial charge in [-0.3, -0.25) is 9.48 Å². The van der Waals surface area contributed by atoms with Crippen LogP contribution in [0.25, 0.3) is 22.2 Å². The molecule has 0 aliphatic carbocycles. The predicted molar refractivity (Wildman–Crippen MR) is 151 cm³/mol. The minimum atomic E-state index is -0.422. The van der Waals surface area contributed by atoms with Gasteiger partial charge in [0.2, 0.25) is 5.91 Å². The molecule has 1 aliphatic rings. The fourth-order valence-corrected chi connectivity index (χ4v) is 4.94. The Balaban J connectivity index is 0.000000341. The van der Waals surface area contributed by atoms with Gasteiger partial charge < -0.3 is 15.4 Å². The zero-order valence-corrected chi connectivity index (χ0v) is 22.5. The SMILES string of the molecule is CC[C@H]1CCCN(C)C1.Cc1cc(-c2cccc(Oc3cnc4c(C)nn(C)c4c3)c2)ccc1C(N)=O.[HH]. The number of likely N-dealkylation sites (tertiary alicyclic amines) is 1. The second-order valence-corrected chi connectivity index (χ2v) is 9.95. The minimum absolute atomic E-state index is 0. The summed E-state index contributed by atoms with van der Waals surface area (Å²) in [6.45, 7) is 8.75. The smallest absolute Gasteiger partial charge is 0.248 e. The third-order valence-corrected chi connectivity index (χ3v) is 7.03. The number of piperidine rings is 1. The van der Waals surface area contributed by atoms with Crippen LogP contribution in [0.2, 0.25) is 0 Å². The lowest BCUT2D eigenvalue weighted by Crippen LogP contribution is -2.31. The molecule has 1 aliphatic heterocycles. The van der Waals surface area contributed by atoms with Crippen LogP contribution in [0.15, 0.2) is 54.7 Å². The molecule has 4 aromatic rings. The van der Waals surface area contributed by atoms with E-state index in [2.05, 4.69) is 29.0 Å². The van der Waals surface area contributed by atoms with Crippen LogP contribution >= 0.6 is 0 Å². The molecule has 1 saturated heterocycles. The molecule has 2 aromatic heterocycles. The van der Waals surface area contributed by atoms with Crippen molar-refractivity contribution in [3.8, 4) is 22.6 Å². The van der Waals surface area contributed by atoms with Crippen molar-refractivity contribution < 1.29 is 11.0 Å². The molecule has 7 heteroatoms. The summed E-state index contributed by atoms with van der Waals surface area (Å²) in [5, 5.41) is 4.39. The molecule has 2 aromatic carbocycles. The number of benzene rings is 2. The molecule has 0 radical (unpaired) electrons. The molecule has 2 N–H and O–H groups in total. The summed E-state index contributed by atoms with van der Waals surface area (Å²) >= 11 is 0. The average Bonchev–Trinajstić information content (AvgIpc) is 3.16. The molecule has 0 unspecified atom stereocenters. The Hall–Kier alpha value is -3.71. The Bertz CT molecular complexity index is 1400. The zero-order chi connectivity index (χ0) is 26.5. The molecular weight excluding hydrogens is 462 g/mol. The van der Waals surface area contributed by atoms with E-state index in [1.165, 1.54) is 32.4 Å². The lowest BCUT2D eigenvalue weighted by atomic mass is 9.96. The van der Waals surface area contributed by atoms with Crippen LogP contribution in [0, 0.1) is 19.8 Å². The van der Waals surface area contributed by atoms with Crippen LogP contribution < -0.4 is 10.5 Å². The summed E-state index contributed by atoms with van der Waals surface area (Å²) in [6, 6.07) is 15.3. The number of hydrogen-bond donors (Lipinski definition) is 1. The highest BCUT2D eigenvalue weighted by molar-refractivity contribution is 5.95. The molecule has 196 valence electrons. The van der Waals surface area contributed by atoms with Crippen molar-refractivity contribution in [2.24, 2.45) is 18.7 Å². The number of ether oxygens (including phenoxy) is 1. The van der Waals surface area contributed by atoms with Gasteiger partial charge in [-0.1, -0.05) is 37.6 Å². The van der Waals surface area contributed by atoms with E-state index in [0.29, 0.717) is 17.1 Å². The lowest BCUT2D eigenvalue weighted by Gasteiger charge is -2.28. The Morgan fingerprint density at radius 1 is 1.11 bits per heavy atom. The second kappa shape index (κ2) is 11.6. The number of carbonyl (C=O) groups is 1. The van der Waals surface area contributed by atoms with Gasteiger partial charge in [-0.15, -0.1) is 0 Å². The third-order valence-electron chi connectivity index (χ3n) is 7.03. The highest BCUT2D eigenvalue weighted by atomic mass is 16.5. The minimum Gasteiger partial charge on any atom is -0.456 e. The summed E-state index contributed by atoms with van der Waals surface area (Å²) in [4.78, 5) is 18.3. The molecule has 5 rings (SSSR count). The topological polar surface area (TPSA) is 86.3 Å². The standard InChI is InChI=1S/C22H20N4O2.C8H17N.H2/c1-13-9-16(7-8-19(13)22(23)27)15-5-4-6-17(10-15)28-18-11-20-21(24-12-18)14(2)25-26(20)3;1-3-8-5-4-6-9(2)7-8;/h4-12H,1-3H3,(H2,23,27);8H,3-7H2,1-2H3;1H/t;8-;/m.0./s1. The summed E-state index contributed by atoms with van der Waals surface area (Å²) in [7, 11) is 4.11. The van der Waals surface area contributed by atoms with Crippen molar-refractivity contribution in [2.75, 3.05) is 20.1 Å². The summed E-state index contributed by atoms with van der Waals surface area (Å²) in [6.07, 6.45) is 5.94. The summed E-state index contributed by atoms with van der Waals surface area (Å²) < 4.78 is 7.82. The Morgan fingerprint density at radius 3 is 2.57 bits per heavy atom. The highest BCUT2D eigenvalue weighted by Crippen LogP contribution is 2.30. The van der Waals surface area contributed by atoms with E-state index in [0.717, 1.165) is 39.3 Å². The number of carbonyl (C=O) groups excluding carboxylic acids is 1. The summed E-state index contributed by atoms with van der Waals surface area (Å²) in [5.74, 6) is 1.92. The van der Waals surface area contributed by atoms with Crippen molar-refractivity contribution in [1.29, 1.82) is 0 Å². The maximum absolute atomic E-state index is 11.4. The molecule has 1 atom stereocenters. The molecule has 0 spiro atoms. The van der Waals surface area contributed by atoms with E-state index in [-0.39, 0.29) is 1.43 Å².